The molecule has 0 radical (unpaired) electrons. The van der Waals surface area contributed by atoms with Gasteiger partial charge in [0.2, 0.25) is 0 Å². The van der Waals surface area contributed by atoms with Crippen LogP contribution >= 0.6 is 31.9 Å². The van der Waals surface area contributed by atoms with Crippen molar-refractivity contribution in [3.63, 3.8) is 0 Å². The average Bonchev–Trinajstić information content (AvgIpc) is 2.26. The number of Topliss-reactive ketones (excluding diaryl/α,β-unsaturated/α-hetero) is 1. The number of rotatable bonds is 3. The van der Waals surface area contributed by atoms with Gasteiger partial charge in [-0.3, -0.25) is 4.79 Å². The standard InChI is InChI=1S/C11H9Br2F3O/c1-6(13)10(17)8-3-2-7(5-12)4-9(8)11(14,15)16/h2-4,6H,5H2,1H3. The molecule has 0 aromatic heterocycles. The van der Waals surface area contributed by atoms with E-state index in [0.717, 1.165) is 6.07 Å². The number of hydrogen-bond acceptors (Lipinski definition) is 1. The monoisotopic (exact) mass is 372 g/mol. The lowest BCUT2D eigenvalue weighted by Crippen LogP contribution is -2.18. The minimum atomic E-state index is -4.52. The summed E-state index contributed by atoms with van der Waals surface area (Å²) in [5.74, 6) is -0.571. The maximum atomic E-state index is 12.8. The van der Waals surface area contributed by atoms with Gasteiger partial charge >= 0.3 is 6.18 Å². The normalized spacial score (nSPS) is 13.5. The van der Waals surface area contributed by atoms with Crippen LogP contribution in [0.4, 0.5) is 13.2 Å². The second-order valence-electron chi connectivity index (χ2n) is 3.49. The van der Waals surface area contributed by atoms with Crippen molar-refractivity contribution in [3.8, 4) is 0 Å². The van der Waals surface area contributed by atoms with Gasteiger partial charge in [0.05, 0.1) is 10.4 Å². The maximum Gasteiger partial charge on any atom is 0.417 e. The van der Waals surface area contributed by atoms with Gasteiger partial charge in [-0.1, -0.05) is 44.0 Å². The van der Waals surface area contributed by atoms with E-state index in [9.17, 15) is 18.0 Å². The summed E-state index contributed by atoms with van der Waals surface area (Å²) in [4.78, 5) is 11.0. The number of halogens is 5. The Kier molecular flexibility index (Phi) is 4.77. The molecule has 0 heterocycles. The van der Waals surface area contributed by atoms with Crippen molar-refractivity contribution < 1.29 is 18.0 Å². The van der Waals surface area contributed by atoms with E-state index in [-0.39, 0.29) is 5.56 Å². The van der Waals surface area contributed by atoms with Crippen molar-refractivity contribution in [1.82, 2.24) is 0 Å². The molecule has 0 aliphatic rings. The van der Waals surface area contributed by atoms with Crippen LogP contribution in [0.15, 0.2) is 18.2 Å². The molecular weight excluding hydrogens is 365 g/mol. The van der Waals surface area contributed by atoms with Crippen molar-refractivity contribution in [1.29, 1.82) is 0 Å². The number of alkyl halides is 5. The zero-order valence-electron chi connectivity index (χ0n) is 8.81. The first-order valence-corrected chi connectivity index (χ1v) is 6.75. The molecule has 1 aromatic carbocycles. The van der Waals surface area contributed by atoms with Crippen LogP contribution in [0.2, 0.25) is 0 Å². The minimum absolute atomic E-state index is 0.299. The Morgan fingerprint density at radius 2 is 2.00 bits per heavy atom. The van der Waals surface area contributed by atoms with Gasteiger partial charge in [0.25, 0.3) is 0 Å². The average molecular weight is 374 g/mol. The largest absolute Gasteiger partial charge is 0.417 e. The summed E-state index contributed by atoms with van der Waals surface area (Å²) in [5, 5.41) is 0.314. The molecule has 94 valence electrons. The lowest BCUT2D eigenvalue weighted by molar-refractivity contribution is -0.137. The van der Waals surface area contributed by atoms with E-state index < -0.39 is 22.4 Å². The van der Waals surface area contributed by atoms with Crippen molar-refractivity contribution in [3.05, 3.63) is 34.9 Å². The molecule has 6 heteroatoms. The first kappa shape index (κ1) is 14.7. The highest BCUT2D eigenvalue weighted by Crippen LogP contribution is 2.34. The zero-order valence-corrected chi connectivity index (χ0v) is 12.0. The van der Waals surface area contributed by atoms with E-state index >= 15 is 0 Å². The third-order valence-electron chi connectivity index (χ3n) is 2.17. The van der Waals surface area contributed by atoms with Crippen LogP contribution in [-0.4, -0.2) is 10.6 Å². The highest BCUT2D eigenvalue weighted by atomic mass is 79.9. The molecule has 17 heavy (non-hydrogen) atoms. The Morgan fingerprint density at radius 3 is 2.41 bits per heavy atom. The summed E-state index contributed by atoms with van der Waals surface area (Å²) >= 11 is 6.07. The summed E-state index contributed by atoms with van der Waals surface area (Å²) in [6, 6.07) is 3.73. The lowest BCUT2D eigenvalue weighted by atomic mass is 9.99. The molecule has 1 atom stereocenters. The quantitative estimate of drug-likeness (QED) is 0.560. The molecule has 0 fully saturated rings. The van der Waals surface area contributed by atoms with E-state index in [0.29, 0.717) is 10.9 Å². The summed E-state index contributed by atoms with van der Waals surface area (Å²) in [6.07, 6.45) is -4.52. The van der Waals surface area contributed by atoms with Crippen LogP contribution in [0.5, 0.6) is 0 Å². The summed E-state index contributed by atoms with van der Waals surface area (Å²) in [7, 11) is 0. The SMILES string of the molecule is CC(Br)C(=O)c1ccc(CBr)cc1C(F)(F)F. The van der Waals surface area contributed by atoms with Crippen LogP contribution < -0.4 is 0 Å². The predicted octanol–water partition coefficient (Wildman–Crippen LogP) is 4.57. The van der Waals surface area contributed by atoms with E-state index in [4.69, 9.17) is 0 Å². The van der Waals surface area contributed by atoms with Gasteiger partial charge in [-0.15, -0.1) is 0 Å². The van der Waals surface area contributed by atoms with Crippen LogP contribution in [0.25, 0.3) is 0 Å². The Labute approximate surface area is 114 Å². The molecular formula is C11H9Br2F3O. The number of carbonyl (C=O) groups is 1. The van der Waals surface area contributed by atoms with E-state index in [1.807, 2.05) is 0 Å². The highest BCUT2D eigenvalue weighted by Gasteiger charge is 2.35. The first-order valence-electron chi connectivity index (χ1n) is 4.71. The molecule has 0 N–H and O–H groups in total. The van der Waals surface area contributed by atoms with Crippen LogP contribution in [-0.2, 0) is 11.5 Å². The van der Waals surface area contributed by atoms with Crippen molar-refractivity contribution in [2.24, 2.45) is 0 Å². The fraction of sp³-hybridized carbons (Fsp3) is 0.364. The van der Waals surface area contributed by atoms with Crippen LogP contribution in [0.1, 0.15) is 28.4 Å². The van der Waals surface area contributed by atoms with Gasteiger partial charge in [-0.25, -0.2) is 0 Å². The minimum Gasteiger partial charge on any atom is -0.293 e. The van der Waals surface area contributed by atoms with Gasteiger partial charge in [-0.2, -0.15) is 13.2 Å². The summed E-state index contributed by atoms with van der Waals surface area (Å²) in [5.41, 5.74) is -0.701. The number of hydrogen-bond donors (Lipinski definition) is 0. The first-order chi connectivity index (χ1) is 7.77. The van der Waals surface area contributed by atoms with Gasteiger partial charge < -0.3 is 0 Å². The van der Waals surface area contributed by atoms with Crippen molar-refractivity contribution >= 4 is 37.6 Å². The Balaban J connectivity index is 3.35. The molecule has 0 saturated heterocycles. The molecule has 1 nitrogen and oxygen atoms in total. The lowest BCUT2D eigenvalue weighted by Gasteiger charge is -2.14. The molecule has 1 unspecified atom stereocenters. The predicted molar refractivity (Wildman–Crippen MR) is 66.8 cm³/mol. The topological polar surface area (TPSA) is 17.1 Å². The number of benzene rings is 1. The Hall–Kier alpha value is -0.360. The van der Waals surface area contributed by atoms with E-state index in [2.05, 4.69) is 31.9 Å². The third-order valence-corrected chi connectivity index (χ3v) is 3.23. The maximum absolute atomic E-state index is 12.8. The van der Waals surface area contributed by atoms with Crippen molar-refractivity contribution in [2.45, 2.75) is 23.3 Å². The van der Waals surface area contributed by atoms with E-state index in [1.165, 1.54) is 19.1 Å². The third kappa shape index (κ3) is 3.55. The number of carbonyl (C=O) groups excluding carboxylic acids is 1. The molecule has 1 aromatic rings. The number of ketones is 1. The van der Waals surface area contributed by atoms with Gasteiger partial charge in [-0.05, 0) is 18.6 Å². The highest BCUT2D eigenvalue weighted by molar-refractivity contribution is 9.10. The van der Waals surface area contributed by atoms with E-state index in [1.54, 1.807) is 0 Å². The second-order valence-corrected chi connectivity index (χ2v) is 5.43. The smallest absolute Gasteiger partial charge is 0.293 e. The zero-order chi connectivity index (χ0) is 13.2. The van der Waals surface area contributed by atoms with Crippen LogP contribution in [0.3, 0.4) is 0 Å². The van der Waals surface area contributed by atoms with Gasteiger partial charge in [0, 0.05) is 10.9 Å². The molecule has 1 rings (SSSR count). The summed E-state index contributed by atoms with van der Waals surface area (Å²) in [6.45, 7) is 1.50. The Bertz CT molecular complexity index is 427. The molecule has 0 saturated carbocycles. The fourth-order valence-electron chi connectivity index (χ4n) is 1.34. The summed E-state index contributed by atoms with van der Waals surface area (Å²) < 4.78 is 38.4. The molecule has 0 aliphatic carbocycles. The Morgan fingerprint density at radius 1 is 1.41 bits per heavy atom. The molecule has 0 bridgehead atoms. The molecule has 0 spiro atoms. The molecule has 0 amide bonds. The van der Waals surface area contributed by atoms with Crippen LogP contribution in [0, 0.1) is 0 Å². The second kappa shape index (κ2) is 5.52. The fourth-order valence-corrected chi connectivity index (χ4v) is 1.93. The van der Waals surface area contributed by atoms with Gasteiger partial charge in [0.15, 0.2) is 5.78 Å². The molecule has 0 aliphatic heterocycles. The van der Waals surface area contributed by atoms with Gasteiger partial charge in [0.1, 0.15) is 0 Å². The van der Waals surface area contributed by atoms with Crippen molar-refractivity contribution in [2.75, 3.05) is 0 Å².